The highest BCUT2D eigenvalue weighted by atomic mass is 16.7. The Morgan fingerprint density at radius 3 is 3.27 bits per heavy atom. The fourth-order valence-electron chi connectivity index (χ4n) is 1.85. The molecule has 2 unspecified atom stereocenters. The Morgan fingerprint density at radius 1 is 1.55 bits per heavy atom. The molecule has 0 spiro atoms. The van der Waals surface area contributed by atoms with Gasteiger partial charge >= 0.3 is 0 Å². The average molecular weight is 154 g/mol. The van der Waals surface area contributed by atoms with Crippen LogP contribution in [0.5, 0.6) is 0 Å². The topological polar surface area (TPSA) is 18.5 Å². The predicted molar refractivity (Wildman–Crippen MR) is 42.2 cm³/mol. The first-order valence-electron chi connectivity index (χ1n) is 4.34. The highest BCUT2D eigenvalue weighted by Crippen LogP contribution is 2.34. The Morgan fingerprint density at radius 2 is 2.45 bits per heavy atom. The molecule has 0 bridgehead atoms. The van der Waals surface area contributed by atoms with Crippen LogP contribution in [0.15, 0.2) is 11.6 Å². The molecule has 62 valence electrons. The minimum absolute atomic E-state index is 0.0906. The van der Waals surface area contributed by atoms with Crippen molar-refractivity contribution < 1.29 is 9.47 Å². The Bertz CT molecular complexity index is 174. The number of rotatable bonds is 1. The molecule has 11 heavy (non-hydrogen) atoms. The van der Waals surface area contributed by atoms with Gasteiger partial charge in [0.05, 0.1) is 13.2 Å². The first kappa shape index (κ1) is 7.32. The van der Waals surface area contributed by atoms with E-state index in [-0.39, 0.29) is 6.29 Å². The van der Waals surface area contributed by atoms with Gasteiger partial charge in [0.2, 0.25) is 0 Å². The molecule has 0 saturated carbocycles. The van der Waals surface area contributed by atoms with Crippen LogP contribution >= 0.6 is 0 Å². The number of ether oxygens (including phenoxy) is 2. The summed E-state index contributed by atoms with van der Waals surface area (Å²) >= 11 is 0. The summed E-state index contributed by atoms with van der Waals surface area (Å²) in [7, 11) is 0. The minimum Gasteiger partial charge on any atom is -0.352 e. The van der Waals surface area contributed by atoms with Crippen LogP contribution in [-0.4, -0.2) is 19.5 Å². The van der Waals surface area contributed by atoms with Gasteiger partial charge in [0.25, 0.3) is 0 Å². The molecule has 0 N–H and O–H groups in total. The molecule has 2 heterocycles. The molecule has 0 aromatic rings. The maximum absolute atomic E-state index is 5.45. The first-order chi connectivity index (χ1) is 5.42. The van der Waals surface area contributed by atoms with Crippen molar-refractivity contribution in [3.05, 3.63) is 11.6 Å². The molecule has 0 aromatic carbocycles. The average Bonchev–Trinajstić information content (AvgIpc) is 2.53. The van der Waals surface area contributed by atoms with Crippen LogP contribution in [0.1, 0.15) is 19.8 Å². The van der Waals surface area contributed by atoms with Crippen molar-refractivity contribution in [1.82, 2.24) is 0 Å². The van der Waals surface area contributed by atoms with Crippen LogP contribution in [0.4, 0.5) is 0 Å². The lowest BCUT2D eigenvalue weighted by atomic mass is 9.99. The molecule has 2 nitrogen and oxygen atoms in total. The van der Waals surface area contributed by atoms with Gasteiger partial charge in [0.1, 0.15) is 0 Å². The van der Waals surface area contributed by atoms with Gasteiger partial charge in [-0.15, -0.1) is 0 Å². The zero-order chi connectivity index (χ0) is 7.68. The molecule has 2 aliphatic heterocycles. The lowest BCUT2D eigenvalue weighted by Crippen LogP contribution is -2.09. The fraction of sp³-hybridized carbons (Fsp3) is 0.778. The molecular formula is C9H14O2. The zero-order valence-electron chi connectivity index (χ0n) is 6.88. The number of allylic oxidation sites excluding steroid dienone is 1. The summed E-state index contributed by atoms with van der Waals surface area (Å²) in [5, 5.41) is 0. The van der Waals surface area contributed by atoms with Crippen LogP contribution in [0, 0.1) is 5.92 Å². The largest absolute Gasteiger partial charge is 0.352 e. The van der Waals surface area contributed by atoms with E-state index in [0.717, 1.165) is 26.1 Å². The van der Waals surface area contributed by atoms with E-state index in [4.69, 9.17) is 9.47 Å². The van der Waals surface area contributed by atoms with Crippen molar-refractivity contribution >= 4 is 0 Å². The van der Waals surface area contributed by atoms with E-state index in [1.165, 1.54) is 5.57 Å². The lowest BCUT2D eigenvalue weighted by molar-refractivity contribution is -0.0904. The Kier molecular flexibility index (Phi) is 1.96. The molecule has 0 aliphatic carbocycles. The molecule has 0 radical (unpaired) electrons. The third-order valence-corrected chi connectivity index (χ3v) is 2.40. The van der Waals surface area contributed by atoms with Crippen molar-refractivity contribution in [2.75, 3.05) is 13.2 Å². The molecule has 2 aliphatic rings. The summed E-state index contributed by atoms with van der Waals surface area (Å²) in [5.74, 6) is 0.579. The summed E-state index contributed by atoms with van der Waals surface area (Å²) in [4.78, 5) is 0. The van der Waals surface area contributed by atoms with Gasteiger partial charge in [-0.2, -0.15) is 0 Å². The van der Waals surface area contributed by atoms with Crippen LogP contribution in [0.2, 0.25) is 0 Å². The third-order valence-electron chi connectivity index (χ3n) is 2.40. The second-order valence-electron chi connectivity index (χ2n) is 3.13. The van der Waals surface area contributed by atoms with Crippen molar-refractivity contribution in [1.29, 1.82) is 0 Å². The molecule has 2 fully saturated rings. The van der Waals surface area contributed by atoms with Crippen LogP contribution in [0.3, 0.4) is 0 Å². The van der Waals surface area contributed by atoms with E-state index in [0.29, 0.717) is 5.92 Å². The molecule has 2 atom stereocenters. The number of hydrogen-bond acceptors (Lipinski definition) is 2. The van der Waals surface area contributed by atoms with Crippen LogP contribution in [0.25, 0.3) is 0 Å². The van der Waals surface area contributed by atoms with Gasteiger partial charge in [-0.25, -0.2) is 0 Å². The van der Waals surface area contributed by atoms with Crippen molar-refractivity contribution in [3.63, 3.8) is 0 Å². The lowest BCUT2D eigenvalue weighted by Gasteiger charge is -2.05. The van der Waals surface area contributed by atoms with Crippen molar-refractivity contribution in [2.45, 2.75) is 26.1 Å². The van der Waals surface area contributed by atoms with E-state index in [1.54, 1.807) is 0 Å². The van der Waals surface area contributed by atoms with E-state index in [1.807, 2.05) is 0 Å². The molecular weight excluding hydrogens is 140 g/mol. The fourth-order valence-corrected chi connectivity index (χ4v) is 1.85. The number of hydrogen-bond donors (Lipinski definition) is 0. The highest BCUT2D eigenvalue weighted by Gasteiger charge is 2.36. The van der Waals surface area contributed by atoms with E-state index in [9.17, 15) is 0 Å². The first-order valence-corrected chi connectivity index (χ1v) is 4.34. The monoisotopic (exact) mass is 154 g/mol. The van der Waals surface area contributed by atoms with Gasteiger partial charge in [-0.05, 0) is 18.4 Å². The highest BCUT2D eigenvalue weighted by molar-refractivity contribution is 5.13. The molecule has 2 heteroatoms. The van der Waals surface area contributed by atoms with E-state index in [2.05, 4.69) is 13.0 Å². The summed E-state index contributed by atoms with van der Waals surface area (Å²) in [5.41, 5.74) is 1.45. The standard InChI is InChI=1S/C9H14O2/c1-2-3-7-6-11-9-8(7)4-5-10-9/h3,8-9H,2,4-6H2,1H3/b7-3+. The normalized spacial score (nSPS) is 39.9. The Labute approximate surface area is 67.2 Å². The van der Waals surface area contributed by atoms with Gasteiger partial charge in [0.15, 0.2) is 6.29 Å². The van der Waals surface area contributed by atoms with E-state index < -0.39 is 0 Å². The molecule has 2 rings (SSSR count). The maximum atomic E-state index is 5.45. The van der Waals surface area contributed by atoms with Crippen LogP contribution < -0.4 is 0 Å². The zero-order valence-corrected chi connectivity index (χ0v) is 6.88. The predicted octanol–water partition coefficient (Wildman–Crippen LogP) is 1.72. The van der Waals surface area contributed by atoms with Gasteiger partial charge < -0.3 is 9.47 Å². The quantitative estimate of drug-likeness (QED) is 0.535. The Hall–Kier alpha value is -0.340. The minimum atomic E-state index is 0.0906. The molecule has 0 amide bonds. The van der Waals surface area contributed by atoms with Crippen molar-refractivity contribution in [2.24, 2.45) is 5.92 Å². The maximum Gasteiger partial charge on any atom is 0.164 e. The van der Waals surface area contributed by atoms with Crippen LogP contribution in [-0.2, 0) is 9.47 Å². The smallest absolute Gasteiger partial charge is 0.164 e. The summed E-state index contributed by atoms with van der Waals surface area (Å²) in [6.45, 7) is 3.83. The SMILES string of the molecule is CC/C=C1\COC2OCCC12. The van der Waals surface area contributed by atoms with Gasteiger partial charge in [0, 0.05) is 5.92 Å². The second kappa shape index (κ2) is 2.95. The summed E-state index contributed by atoms with van der Waals surface area (Å²) in [6.07, 6.45) is 4.63. The van der Waals surface area contributed by atoms with Gasteiger partial charge in [-0.1, -0.05) is 13.0 Å². The molecule has 0 aromatic heterocycles. The molecule has 2 saturated heterocycles. The van der Waals surface area contributed by atoms with E-state index >= 15 is 0 Å². The van der Waals surface area contributed by atoms with Gasteiger partial charge in [-0.3, -0.25) is 0 Å². The number of fused-ring (bicyclic) bond motifs is 1. The Balaban J connectivity index is 2.08. The third kappa shape index (κ3) is 1.21. The second-order valence-corrected chi connectivity index (χ2v) is 3.13. The van der Waals surface area contributed by atoms with Crippen molar-refractivity contribution in [3.8, 4) is 0 Å². The summed E-state index contributed by atoms with van der Waals surface area (Å²) < 4.78 is 10.8. The summed E-state index contributed by atoms with van der Waals surface area (Å²) in [6, 6.07) is 0.